The molecule has 0 bridgehead atoms. The van der Waals surface area contributed by atoms with Crippen molar-refractivity contribution >= 4 is 51.3 Å². The molecule has 25 heavy (non-hydrogen) atoms. The Morgan fingerprint density at radius 1 is 1.16 bits per heavy atom. The third-order valence-electron chi connectivity index (χ3n) is 3.10. The first-order chi connectivity index (χ1) is 12.1. The highest BCUT2D eigenvalue weighted by molar-refractivity contribution is 7.17. The number of anilines is 3. The Morgan fingerprint density at radius 2 is 1.88 bits per heavy atom. The molecular weight excluding hydrogens is 362 g/mol. The van der Waals surface area contributed by atoms with Crippen molar-refractivity contribution in [3.8, 4) is 0 Å². The summed E-state index contributed by atoms with van der Waals surface area (Å²) in [4.78, 5) is 15.3. The van der Waals surface area contributed by atoms with Gasteiger partial charge in [-0.25, -0.2) is 4.98 Å². The highest BCUT2D eigenvalue weighted by atomic mass is 35.5. The molecule has 0 saturated carbocycles. The van der Waals surface area contributed by atoms with Crippen LogP contribution < -0.4 is 10.7 Å². The molecule has 1 aromatic heterocycles. The molecule has 0 saturated heterocycles. The Morgan fingerprint density at radius 3 is 2.64 bits per heavy atom. The van der Waals surface area contributed by atoms with Crippen LogP contribution in [-0.4, -0.2) is 16.1 Å². The molecule has 2 aromatic carbocycles. The van der Waals surface area contributed by atoms with Crippen molar-refractivity contribution in [2.24, 2.45) is 5.10 Å². The molecule has 0 aliphatic carbocycles. The fourth-order valence-corrected chi connectivity index (χ4v) is 3.03. The van der Waals surface area contributed by atoms with Crippen LogP contribution in [0, 0.1) is 10.1 Å². The maximum Gasteiger partial charge on any atom is 0.294 e. The maximum absolute atomic E-state index is 11.0. The lowest BCUT2D eigenvalue weighted by atomic mass is 10.3. The van der Waals surface area contributed by atoms with Crippen LogP contribution in [0.2, 0.25) is 5.15 Å². The Hall–Kier alpha value is -2.97. The number of aromatic nitrogens is 1. The van der Waals surface area contributed by atoms with Gasteiger partial charge in [-0.15, -0.1) is 0 Å². The second kappa shape index (κ2) is 7.73. The standard InChI is InChI=1S/C16H12ClN5O2S/c17-15-14(25-16(20-15)19-11-6-2-1-3-7-11)10-18-21-12-8-4-5-9-13(12)22(23)24/h1-10,21H,(H,19,20)/b18-10+. The average molecular weight is 374 g/mol. The minimum atomic E-state index is -0.473. The van der Waals surface area contributed by atoms with E-state index in [9.17, 15) is 10.1 Å². The summed E-state index contributed by atoms with van der Waals surface area (Å²) in [6.45, 7) is 0. The predicted molar refractivity (Wildman–Crippen MR) is 101 cm³/mol. The summed E-state index contributed by atoms with van der Waals surface area (Å²) >= 11 is 7.43. The molecule has 0 unspecified atom stereocenters. The predicted octanol–water partition coefficient (Wildman–Crippen LogP) is 4.89. The molecule has 126 valence electrons. The van der Waals surface area contributed by atoms with Crippen LogP contribution in [-0.2, 0) is 0 Å². The summed E-state index contributed by atoms with van der Waals surface area (Å²) < 4.78 is 0. The van der Waals surface area contributed by atoms with E-state index in [1.54, 1.807) is 18.2 Å². The summed E-state index contributed by atoms with van der Waals surface area (Å²) in [6, 6.07) is 15.8. The normalized spacial score (nSPS) is 10.8. The molecule has 0 aliphatic rings. The molecule has 2 N–H and O–H groups in total. The van der Waals surface area contributed by atoms with E-state index in [4.69, 9.17) is 11.6 Å². The summed E-state index contributed by atoms with van der Waals surface area (Å²) in [5, 5.41) is 19.1. The van der Waals surface area contributed by atoms with Gasteiger partial charge in [0.05, 0.1) is 16.0 Å². The van der Waals surface area contributed by atoms with Gasteiger partial charge >= 0.3 is 0 Å². The van der Waals surface area contributed by atoms with Crippen molar-refractivity contribution in [2.75, 3.05) is 10.7 Å². The molecule has 3 rings (SSSR count). The van der Waals surface area contributed by atoms with Crippen molar-refractivity contribution in [1.29, 1.82) is 0 Å². The van der Waals surface area contributed by atoms with Crippen molar-refractivity contribution in [3.63, 3.8) is 0 Å². The number of benzene rings is 2. The number of nitrogens with one attached hydrogen (secondary N) is 2. The van der Waals surface area contributed by atoms with Crippen molar-refractivity contribution in [1.82, 2.24) is 4.98 Å². The molecule has 3 aromatic rings. The number of para-hydroxylation sites is 3. The molecule has 0 fully saturated rings. The smallest absolute Gasteiger partial charge is 0.294 e. The number of hydrazone groups is 1. The maximum atomic E-state index is 11.0. The van der Waals surface area contributed by atoms with Gasteiger partial charge in [-0.2, -0.15) is 5.10 Å². The molecule has 0 spiro atoms. The summed E-state index contributed by atoms with van der Waals surface area (Å²) in [6.07, 6.45) is 1.48. The van der Waals surface area contributed by atoms with E-state index in [-0.39, 0.29) is 5.69 Å². The van der Waals surface area contributed by atoms with Gasteiger partial charge in [0.15, 0.2) is 10.3 Å². The van der Waals surface area contributed by atoms with E-state index in [0.29, 0.717) is 20.8 Å². The highest BCUT2D eigenvalue weighted by Crippen LogP contribution is 2.28. The number of nitro groups is 1. The Bertz CT molecular complexity index is 914. The first-order valence-corrected chi connectivity index (χ1v) is 8.34. The van der Waals surface area contributed by atoms with E-state index < -0.39 is 4.92 Å². The van der Waals surface area contributed by atoms with Gasteiger partial charge in [0.1, 0.15) is 5.69 Å². The highest BCUT2D eigenvalue weighted by Gasteiger charge is 2.11. The Kier molecular flexibility index (Phi) is 5.22. The fraction of sp³-hybridized carbons (Fsp3) is 0. The largest absolute Gasteiger partial charge is 0.331 e. The monoisotopic (exact) mass is 373 g/mol. The lowest BCUT2D eigenvalue weighted by Gasteiger charge is -2.00. The molecule has 0 aliphatic heterocycles. The number of thiazole rings is 1. The summed E-state index contributed by atoms with van der Waals surface area (Å²) in [5.41, 5.74) is 3.80. The van der Waals surface area contributed by atoms with E-state index in [2.05, 4.69) is 20.8 Å². The lowest BCUT2D eigenvalue weighted by molar-refractivity contribution is -0.384. The van der Waals surface area contributed by atoms with Gasteiger partial charge in [0.2, 0.25) is 0 Å². The quantitative estimate of drug-likeness (QED) is 0.364. The first-order valence-electron chi connectivity index (χ1n) is 7.14. The molecular formula is C16H12ClN5O2S. The third kappa shape index (κ3) is 4.31. The number of hydrogen-bond donors (Lipinski definition) is 2. The van der Waals surface area contributed by atoms with Crippen LogP contribution in [0.4, 0.5) is 22.2 Å². The molecule has 0 atom stereocenters. The summed E-state index contributed by atoms with van der Waals surface area (Å²) in [7, 11) is 0. The van der Waals surface area contributed by atoms with Gasteiger partial charge in [-0.3, -0.25) is 15.5 Å². The average Bonchev–Trinajstić information content (AvgIpc) is 2.95. The molecule has 0 amide bonds. The van der Waals surface area contributed by atoms with Gasteiger partial charge in [-0.05, 0) is 18.2 Å². The molecule has 1 heterocycles. The SMILES string of the molecule is O=[N+]([O-])c1ccccc1N/N=C/c1sc(Nc2ccccc2)nc1Cl. The molecule has 9 heteroatoms. The van der Waals surface area contributed by atoms with Crippen molar-refractivity contribution in [3.05, 3.63) is 74.7 Å². The topological polar surface area (TPSA) is 92.5 Å². The van der Waals surface area contributed by atoms with Gasteiger partial charge < -0.3 is 5.32 Å². The third-order valence-corrected chi connectivity index (χ3v) is 4.41. The second-order valence-electron chi connectivity index (χ2n) is 4.81. The van der Waals surface area contributed by atoms with Gasteiger partial charge in [0.25, 0.3) is 5.69 Å². The lowest BCUT2D eigenvalue weighted by Crippen LogP contribution is -1.96. The van der Waals surface area contributed by atoms with E-state index in [1.807, 2.05) is 30.3 Å². The van der Waals surface area contributed by atoms with Crippen molar-refractivity contribution < 1.29 is 4.92 Å². The first kappa shape index (κ1) is 16.9. The zero-order chi connectivity index (χ0) is 17.6. The van der Waals surface area contributed by atoms with E-state index in [1.165, 1.54) is 23.6 Å². The molecule has 7 nitrogen and oxygen atoms in total. The van der Waals surface area contributed by atoms with E-state index in [0.717, 1.165) is 5.69 Å². The second-order valence-corrected chi connectivity index (χ2v) is 6.20. The molecule has 0 radical (unpaired) electrons. The van der Waals surface area contributed by atoms with Gasteiger partial charge in [-0.1, -0.05) is 53.3 Å². The minimum Gasteiger partial charge on any atom is -0.331 e. The number of nitrogens with zero attached hydrogens (tertiary/aromatic N) is 3. The van der Waals surface area contributed by atoms with Crippen LogP contribution in [0.3, 0.4) is 0 Å². The van der Waals surface area contributed by atoms with E-state index >= 15 is 0 Å². The zero-order valence-corrected chi connectivity index (χ0v) is 14.3. The Balaban J connectivity index is 1.71. The fourth-order valence-electron chi connectivity index (χ4n) is 1.98. The number of halogens is 1. The minimum absolute atomic E-state index is 0.0542. The Labute approximate surface area is 152 Å². The number of rotatable bonds is 6. The van der Waals surface area contributed by atoms with Crippen LogP contribution in [0.5, 0.6) is 0 Å². The van der Waals surface area contributed by atoms with Crippen LogP contribution in [0.25, 0.3) is 0 Å². The van der Waals surface area contributed by atoms with Crippen molar-refractivity contribution in [2.45, 2.75) is 0 Å². The number of hydrogen-bond acceptors (Lipinski definition) is 7. The summed E-state index contributed by atoms with van der Waals surface area (Å²) in [5.74, 6) is 0. The number of nitro benzene ring substituents is 1. The van der Waals surface area contributed by atoms with Crippen LogP contribution in [0.15, 0.2) is 59.7 Å². The zero-order valence-electron chi connectivity index (χ0n) is 12.7. The van der Waals surface area contributed by atoms with Crippen LogP contribution in [0.1, 0.15) is 4.88 Å². The van der Waals surface area contributed by atoms with Crippen LogP contribution >= 0.6 is 22.9 Å². The van der Waals surface area contributed by atoms with Gasteiger partial charge in [0, 0.05) is 11.8 Å².